The average molecular weight is 442 g/mol. The van der Waals surface area contributed by atoms with Crippen molar-refractivity contribution in [3.63, 3.8) is 0 Å². The van der Waals surface area contributed by atoms with Crippen LogP contribution in [0.25, 0.3) is 11.3 Å². The molecule has 2 aromatic heterocycles. The summed E-state index contributed by atoms with van der Waals surface area (Å²) >= 11 is 0. The SMILES string of the molecule is Cn1ncc(-c2nc(N[C@H]3CC[C@H](NC4CCC(N)CC4)CC3)ncc2F)c1CC1CC1. The first kappa shape index (κ1) is 21.8. The zero-order valence-corrected chi connectivity index (χ0v) is 19.1. The van der Waals surface area contributed by atoms with Crippen LogP contribution in [0.5, 0.6) is 0 Å². The molecule has 2 aromatic rings. The Kier molecular flexibility index (Phi) is 6.42. The van der Waals surface area contributed by atoms with Crippen molar-refractivity contribution in [1.82, 2.24) is 25.1 Å². The quantitative estimate of drug-likeness (QED) is 0.608. The number of hydrogen-bond acceptors (Lipinski definition) is 6. The van der Waals surface area contributed by atoms with Gasteiger partial charge in [-0.3, -0.25) is 4.68 Å². The van der Waals surface area contributed by atoms with Crippen LogP contribution in [-0.2, 0) is 13.5 Å². The number of aryl methyl sites for hydroxylation is 1. The van der Waals surface area contributed by atoms with Crippen LogP contribution in [0.3, 0.4) is 0 Å². The Morgan fingerprint density at radius 1 is 0.969 bits per heavy atom. The molecule has 8 heteroatoms. The molecule has 3 saturated carbocycles. The Hall–Kier alpha value is -2.06. The smallest absolute Gasteiger partial charge is 0.223 e. The standard InChI is InChI=1S/C24H36FN7/c1-32-22(12-15-2-3-15)20(13-28-32)23-21(25)14-27-24(31-23)30-19-10-8-18(9-11-19)29-17-6-4-16(26)5-7-17/h13-19,29H,2-12,26H2,1H3,(H,27,30,31)/t16?,17?,18-,19-. The molecule has 3 aliphatic carbocycles. The van der Waals surface area contributed by atoms with E-state index in [9.17, 15) is 4.39 Å². The average Bonchev–Trinajstić information content (AvgIpc) is 3.55. The second-order valence-corrected chi connectivity index (χ2v) is 10.1. The highest BCUT2D eigenvalue weighted by atomic mass is 19.1. The molecule has 0 radical (unpaired) electrons. The molecule has 7 nitrogen and oxygen atoms in total. The van der Waals surface area contributed by atoms with Gasteiger partial charge < -0.3 is 16.4 Å². The van der Waals surface area contributed by atoms with E-state index in [0.29, 0.717) is 41.7 Å². The van der Waals surface area contributed by atoms with Gasteiger partial charge in [0.1, 0.15) is 5.69 Å². The third kappa shape index (κ3) is 5.12. The second-order valence-electron chi connectivity index (χ2n) is 10.1. The van der Waals surface area contributed by atoms with Gasteiger partial charge >= 0.3 is 0 Å². The molecule has 174 valence electrons. The molecule has 4 N–H and O–H groups in total. The molecular weight excluding hydrogens is 405 g/mol. The molecule has 0 saturated heterocycles. The van der Waals surface area contributed by atoms with Gasteiger partial charge in [0.25, 0.3) is 0 Å². The van der Waals surface area contributed by atoms with Crippen molar-refractivity contribution in [2.45, 2.75) is 94.8 Å². The van der Waals surface area contributed by atoms with Crippen LogP contribution in [-0.4, -0.2) is 43.9 Å². The maximum absolute atomic E-state index is 14.7. The van der Waals surface area contributed by atoms with Crippen molar-refractivity contribution >= 4 is 5.95 Å². The van der Waals surface area contributed by atoms with Crippen LogP contribution < -0.4 is 16.4 Å². The number of anilines is 1. The van der Waals surface area contributed by atoms with Crippen molar-refractivity contribution in [3.8, 4) is 11.3 Å². The Labute approximate surface area is 189 Å². The summed E-state index contributed by atoms with van der Waals surface area (Å²) in [6.45, 7) is 0. The largest absolute Gasteiger partial charge is 0.351 e. The number of halogens is 1. The van der Waals surface area contributed by atoms with Gasteiger partial charge in [-0.2, -0.15) is 5.10 Å². The third-order valence-corrected chi connectivity index (χ3v) is 7.54. The van der Waals surface area contributed by atoms with E-state index in [2.05, 4.69) is 25.7 Å². The number of nitrogens with one attached hydrogen (secondary N) is 2. The Balaban J connectivity index is 1.19. The molecule has 0 aliphatic heterocycles. The van der Waals surface area contributed by atoms with Gasteiger partial charge in [-0.05, 0) is 76.5 Å². The van der Waals surface area contributed by atoms with Gasteiger partial charge in [0.15, 0.2) is 5.82 Å². The fraction of sp³-hybridized carbons (Fsp3) is 0.708. The first-order valence-corrected chi connectivity index (χ1v) is 12.4. The molecule has 0 aromatic carbocycles. The van der Waals surface area contributed by atoms with E-state index in [1.54, 1.807) is 6.20 Å². The van der Waals surface area contributed by atoms with E-state index in [1.165, 1.54) is 31.9 Å². The molecule has 3 aliphatic rings. The molecule has 2 heterocycles. The zero-order valence-electron chi connectivity index (χ0n) is 19.1. The highest BCUT2D eigenvalue weighted by Crippen LogP contribution is 2.36. The molecule has 5 rings (SSSR count). The normalized spacial score (nSPS) is 28.6. The monoisotopic (exact) mass is 441 g/mol. The van der Waals surface area contributed by atoms with Crippen molar-refractivity contribution in [3.05, 3.63) is 23.9 Å². The molecule has 0 atom stereocenters. The molecular formula is C24H36FN7. The van der Waals surface area contributed by atoms with Gasteiger partial charge in [0.05, 0.1) is 12.4 Å². The predicted octanol–water partition coefficient (Wildman–Crippen LogP) is 3.55. The van der Waals surface area contributed by atoms with E-state index < -0.39 is 0 Å². The summed E-state index contributed by atoms with van der Waals surface area (Å²) in [6, 6.07) is 1.92. The lowest BCUT2D eigenvalue weighted by Gasteiger charge is -2.35. The van der Waals surface area contributed by atoms with Crippen LogP contribution in [0.4, 0.5) is 10.3 Å². The van der Waals surface area contributed by atoms with E-state index in [-0.39, 0.29) is 5.82 Å². The van der Waals surface area contributed by atoms with Gasteiger partial charge in [0.2, 0.25) is 5.95 Å². The fourth-order valence-electron chi connectivity index (χ4n) is 5.33. The molecule has 3 fully saturated rings. The summed E-state index contributed by atoms with van der Waals surface area (Å²) in [7, 11) is 1.92. The number of nitrogens with two attached hydrogens (primary N) is 1. The number of aromatic nitrogens is 4. The molecule has 0 amide bonds. The summed E-state index contributed by atoms with van der Waals surface area (Å²) < 4.78 is 16.5. The first-order valence-electron chi connectivity index (χ1n) is 12.4. The van der Waals surface area contributed by atoms with Gasteiger partial charge in [-0.15, -0.1) is 0 Å². The summed E-state index contributed by atoms with van der Waals surface area (Å²) in [5.41, 5.74) is 8.25. The minimum absolute atomic E-state index is 0.325. The predicted molar refractivity (Wildman–Crippen MR) is 124 cm³/mol. The summed E-state index contributed by atoms with van der Waals surface area (Å²) in [5.74, 6) is 0.821. The van der Waals surface area contributed by atoms with E-state index in [4.69, 9.17) is 5.73 Å². The molecule has 32 heavy (non-hydrogen) atoms. The second kappa shape index (κ2) is 9.43. The minimum Gasteiger partial charge on any atom is -0.351 e. The van der Waals surface area contributed by atoms with Crippen LogP contribution in [0.1, 0.15) is 69.9 Å². The van der Waals surface area contributed by atoms with Gasteiger partial charge in [0, 0.05) is 42.5 Å². The minimum atomic E-state index is -0.388. The van der Waals surface area contributed by atoms with Crippen LogP contribution in [0.15, 0.2) is 12.4 Å². The zero-order chi connectivity index (χ0) is 22.1. The third-order valence-electron chi connectivity index (χ3n) is 7.54. The molecule has 0 bridgehead atoms. The van der Waals surface area contributed by atoms with Crippen LogP contribution in [0.2, 0.25) is 0 Å². The number of nitrogens with zero attached hydrogens (tertiary/aromatic N) is 4. The summed E-state index contributed by atoms with van der Waals surface area (Å²) in [4.78, 5) is 8.82. The lowest BCUT2D eigenvalue weighted by atomic mass is 9.87. The van der Waals surface area contributed by atoms with E-state index in [1.807, 2.05) is 11.7 Å². The topological polar surface area (TPSA) is 93.7 Å². The van der Waals surface area contributed by atoms with Crippen molar-refractivity contribution < 1.29 is 4.39 Å². The summed E-state index contributed by atoms with van der Waals surface area (Å²) in [6.07, 6.45) is 15.5. The van der Waals surface area contributed by atoms with Crippen molar-refractivity contribution in [1.29, 1.82) is 0 Å². The maximum Gasteiger partial charge on any atom is 0.223 e. The van der Waals surface area contributed by atoms with Crippen LogP contribution in [0, 0.1) is 11.7 Å². The van der Waals surface area contributed by atoms with Gasteiger partial charge in [-0.1, -0.05) is 0 Å². The maximum atomic E-state index is 14.7. The van der Waals surface area contributed by atoms with Crippen molar-refractivity contribution in [2.75, 3.05) is 5.32 Å². The highest BCUT2D eigenvalue weighted by Gasteiger charge is 2.28. The summed E-state index contributed by atoms with van der Waals surface area (Å²) in [5, 5.41) is 11.7. The van der Waals surface area contributed by atoms with Crippen LogP contribution >= 0.6 is 0 Å². The Bertz CT molecular complexity index is 909. The lowest BCUT2D eigenvalue weighted by molar-refractivity contribution is 0.272. The lowest BCUT2D eigenvalue weighted by Crippen LogP contribution is -2.45. The molecule has 0 unspecified atom stereocenters. The number of hydrogen-bond donors (Lipinski definition) is 3. The number of rotatable bonds is 7. The fourth-order valence-corrected chi connectivity index (χ4v) is 5.33. The first-order chi connectivity index (χ1) is 15.5. The highest BCUT2D eigenvalue weighted by molar-refractivity contribution is 5.63. The van der Waals surface area contributed by atoms with E-state index in [0.717, 1.165) is 56.2 Å². The van der Waals surface area contributed by atoms with Crippen molar-refractivity contribution in [2.24, 2.45) is 18.7 Å². The van der Waals surface area contributed by atoms with E-state index >= 15 is 0 Å². The Morgan fingerprint density at radius 2 is 1.62 bits per heavy atom. The molecule has 0 spiro atoms. The van der Waals surface area contributed by atoms with Gasteiger partial charge in [-0.25, -0.2) is 14.4 Å². The Morgan fingerprint density at radius 3 is 2.31 bits per heavy atom.